The van der Waals surface area contributed by atoms with E-state index in [4.69, 9.17) is 0 Å². The second-order valence-corrected chi connectivity index (χ2v) is 8.98. The normalized spacial score (nSPS) is 26.1. The van der Waals surface area contributed by atoms with Crippen LogP contribution in [-0.4, -0.2) is 32.6 Å². The smallest absolute Gasteiger partial charge is 0.234 e. The van der Waals surface area contributed by atoms with Crippen molar-refractivity contribution in [2.45, 2.75) is 18.9 Å². The third kappa shape index (κ3) is 3.23. The monoisotopic (exact) mass is 438 g/mol. The molecule has 1 aromatic heterocycles. The molecule has 164 valence electrons. The average Bonchev–Trinajstić information content (AvgIpc) is 3.52. The van der Waals surface area contributed by atoms with Crippen molar-refractivity contribution in [3.8, 4) is 0 Å². The van der Waals surface area contributed by atoms with Gasteiger partial charge in [0.05, 0.1) is 35.3 Å². The predicted molar refractivity (Wildman–Crippen MR) is 122 cm³/mol. The van der Waals surface area contributed by atoms with Crippen molar-refractivity contribution < 1.29 is 14.4 Å². The zero-order valence-corrected chi connectivity index (χ0v) is 17.8. The lowest BCUT2D eigenvalue weighted by Gasteiger charge is -2.28. The van der Waals surface area contributed by atoms with Crippen molar-refractivity contribution in [1.29, 1.82) is 0 Å². The number of rotatable bonds is 5. The van der Waals surface area contributed by atoms with Gasteiger partial charge in [-0.3, -0.25) is 29.3 Å². The summed E-state index contributed by atoms with van der Waals surface area (Å²) in [7, 11) is 0. The Bertz CT molecular complexity index is 1280. The van der Waals surface area contributed by atoms with Crippen molar-refractivity contribution in [1.82, 2.24) is 14.9 Å². The molecule has 0 spiro atoms. The SMILES string of the molecule is O=C(CC(c1ccccc1)N1C(=O)C2C3C=CC(C3)C2C1=O)Nc1ccc2nccnc2c1. The maximum atomic E-state index is 13.4. The van der Waals surface area contributed by atoms with Gasteiger partial charge in [-0.2, -0.15) is 0 Å². The van der Waals surface area contributed by atoms with Gasteiger partial charge in [0.25, 0.3) is 0 Å². The summed E-state index contributed by atoms with van der Waals surface area (Å²) in [5, 5.41) is 2.90. The fourth-order valence-electron chi connectivity index (χ4n) is 5.69. The Kier molecular flexibility index (Phi) is 4.57. The number of nitrogens with zero attached hydrogens (tertiary/aromatic N) is 3. The first-order valence-electron chi connectivity index (χ1n) is 11.2. The number of amides is 3. The summed E-state index contributed by atoms with van der Waals surface area (Å²) in [6.07, 6.45) is 8.24. The molecule has 0 radical (unpaired) electrons. The van der Waals surface area contributed by atoms with Gasteiger partial charge in [-0.25, -0.2) is 0 Å². The van der Waals surface area contributed by atoms with E-state index in [0.717, 1.165) is 17.5 Å². The highest BCUT2D eigenvalue weighted by atomic mass is 16.2. The first kappa shape index (κ1) is 19.8. The molecule has 6 rings (SSSR count). The number of fused-ring (bicyclic) bond motifs is 6. The molecule has 5 unspecified atom stereocenters. The van der Waals surface area contributed by atoms with Gasteiger partial charge in [-0.15, -0.1) is 0 Å². The van der Waals surface area contributed by atoms with E-state index in [1.807, 2.05) is 30.3 Å². The van der Waals surface area contributed by atoms with E-state index < -0.39 is 6.04 Å². The van der Waals surface area contributed by atoms with Crippen LogP contribution in [0.3, 0.4) is 0 Å². The number of carbonyl (C=O) groups is 3. The molecule has 2 aromatic carbocycles. The Hall–Kier alpha value is -3.87. The Labute approximate surface area is 190 Å². The van der Waals surface area contributed by atoms with Gasteiger partial charge in [0, 0.05) is 18.1 Å². The summed E-state index contributed by atoms with van der Waals surface area (Å²) in [4.78, 5) is 49.8. The summed E-state index contributed by atoms with van der Waals surface area (Å²) < 4.78 is 0. The number of hydrogen-bond acceptors (Lipinski definition) is 5. The molecule has 1 aliphatic heterocycles. The highest BCUT2D eigenvalue weighted by Gasteiger charge is 2.60. The first-order valence-corrected chi connectivity index (χ1v) is 11.2. The van der Waals surface area contributed by atoms with Gasteiger partial charge in [0.1, 0.15) is 0 Å². The molecule has 2 bridgehead atoms. The van der Waals surface area contributed by atoms with Crippen LogP contribution in [0.25, 0.3) is 11.0 Å². The van der Waals surface area contributed by atoms with Crippen molar-refractivity contribution in [2.24, 2.45) is 23.7 Å². The summed E-state index contributed by atoms with van der Waals surface area (Å²) in [6, 6.07) is 14.0. The minimum absolute atomic E-state index is 0.0117. The molecule has 1 N–H and O–H groups in total. The van der Waals surface area contributed by atoms with Crippen molar-refractivity contribution in [3.63, 3.8) is 0 Å². The standard InChI is InChI=1S/C26H22N4O3/c31-22(29-18-8-9-19-20(13-18)28-11-10-27-19)14-21(15-4-2-1-3-5-15)30-25(32)23-16-6-7-17(12-16)24(23)26(30)33/h1-11,13,16-17,21,23-24H,12,14H2,(H,29,31). The third-order valence-electron chi connectivity index (χ3n) is 7.13. The molecule has 3 aliphatic rings. The number of allylic oxidation sites excluding steroid dienone is 2. The maximum Gasteiger partial charge on any atom is 0.234 e. The van der Waals surface area contributed by atoms with Gasteiger partial charge in [-0.1, -0.05) is 42.5 Å². The van der Waals surface area contributed by atoms with Gasteiger partial charge < -0.3 is 5.32 Å². The molecule has 7 heteroatoms. The molecule has 7 nitrogen and oxygen atoms in total. The second-order valence-electron chi connectivity index (χ2n) is 8.98. The second kappa shape index (κ2) is 7.62. The van der Waals surface area contributed by atoms with Crippen LogP contribution in [-0.2, 0) is 14.4 Å². The summed E-state index contributed by atoms with van der Waals surface area (Å²) >= 11 is 0. The summed E-state index contributed by atoms with van der Waals surface area (Å²) in [5.41, 5.74) is 2.79. The van der Waals surface area contributed by atoms with Crippen molar-refractivity contribution in [2.75, 3.05) is 5.32 Å². The number of anilines is 1. The summed E-state index contributed by atoms with van der Waals surface area (Å²) in [5.74, 6) is -0.891. The van der Waals surface area contributed by atoms with Gasteiger partial charge in [0.15, 0.2) is 0 Å². The molecule has 33 heavy (non-hydrogen) atoms. The minimum atomic E-state index is -0.642. The van der Waals surface area contributed by atoms with E-state index in [9.17, 15) is 14.4 Å². The van der Waals surface area contributed by atoms with Gasteiger partial charge >= 0.3 is 0 Å². The van der Waals surface area contributed by atoms with E-state index in [0.29, 0.717) is 11.2 Å². The predicted octanol–water partition coefficient (Wildman–Crippen LogP) is 3.51. The Balaban J connectivity index is 1.28. The quantitative estimate of drug-likeness (QED) is 0.486. The summed E-state index contributed by atoms with van der Waals surface area (Å²) in [6.45, 7) is 0. The lowest BCUT2D eigenvalue weighted by Crippen LogP contribution is -2.38. The van der Waals surface area contributed by atoms with Crippen molar-refractivity contribution in [3.05, 3.63) is 78.6 Å². The highest BCUT2D eigenvalue weighted by molar-refractivity contribution is 6.07. The maximum absolute atomic E-state index is 13.4. The molecular weight excluding hydrogens is 416 g/mol. The van der Waals surface area contributed by atoms with Crippen LogP contribution < -0.4 is 5.32 Å². The van der Waals surface area contributed by atoms with E-state index in [1.54, 1.807) is 30.6 Å². The minimum Gasteiger partial charge on any atom is -0.326 e. The molecule has 2 heterocycles. The molecule has 3 amide bonds. The first-order chi connectivity index (χ1) is 16.1. The Morgan fingerprint density at radius 2 is 1.61 bits per heavy atom. The number of imide groups is 1. The van der Waals surface area contributed by atoms with Crippen LogP contribution in [0.15, 0.2) is 73.1 Å². The van der Waals surface area contributed by atoms with Crippen LogP contribution in [0.5, 0.6) is 0 Å². The van der Waals surface area contributed by atoms with Crippen LogP contribution in [0.4, 0.5) is 5.69 Å². The lowest BCUT2D eigenvalue weighted by molar-refractivity contribution is -0.144. The molecule has 5 atom stereocenters. The molecule has 1 saturated heterocycles. The van der Waals surface area contributed by atoms with Crippen LogP contribution in [0, 0.1) is 23.7 Å². The number of hydrogen-bond donors (Lipinski definition) is 1. The lowest BCUT2D eigenvalue weighted by atomic mass is 9.85. The largest absolute Gasteiger partial charge is 0.326 e. The fourth-order valence-corrected chi connectivity index (χ4v) is 5.69. The van der Waals surface area contributed by atoms with E-state index in [1.165, 1.54) is 4.90 Å². The van der Waals surface area contributed by atoms with Gasteiger partial charge in [0.2, 0.25) is 17.7 Å². The molecule has 3 aromatic rings. The Morgan fingerprint density at radius 3 is 2.30 bits per heavy atom. The average molecular weight is 438 g/mol. The third-order valence-corrected chi connectivity index (χ3v) is 7.13. The number of carbonyl (C=O) groups excluding carboxylic acids is 3. The number of likely N-dealkylation sites (tertiary alicyclic amines) is 1. The number of benzene rings is 2. The van der Waals surface area contributed by atoms with Gasteiger partial charge in [-0.05, 0) is 42.0 Å². The zero-order chi connectivity index (χ0) is 22.5. The van der Waals surface area contributed by atoms with Crippen LogP contribution in [0.2, 0.25) is 0 Å². The molecule has 2 aliphatic carbocycles. The van der Waals surface area contributed by atoms with Crippen LogP contribution in [0.1, 0.15) is 24.4 Å². The molecule has 1 saturated carbocycles. The van der Waals surface area contributed by atoms with E-state index in [-0.39, 0.29) is 47.8 Å². The fraction of sp³-hybridized carbons (Fsp3) is 0.269. The van der Waals surface area contributed by atoms with E-state index >= 15 is 0 Å². The Morgan fingerprint density at radius 1 is 0.939 bits per heavy atom. The van der Waals surface area contributed by atoms with E-state index in [2.05, 4.69) is 27.4 Å². The molecule has 2 fully saturated rings. The zero-order valence-electron chi connectivity index (χ0n) is 17.8. The van der Waals surface area contributed by atoms with Crippen LogP contribution >= 0.6 is 0 Å². The molecular formula is C26H22N4O3. The number of aromatic nitrogens is 2. The topological polar surface area (TPSA) is 92.3 Å². The highest BCUT2D eigenvalue weighted by Crippen LogP contribution is 2.54. The van der Waals surface area contributed by atoms with Crippen molar-refractivity contribution >= 4 is 34.4 Å². The number of nitrogens with one attached hydrogen (secondary N) is 1.